The summed E-state index contributed by atoms with van der Waals surface area (Å²) in [6.45, 7) is 7.79. The molecule has 1 saturated heterocycles. The van der Waals surface area contributed by atoms with E-state index < -0.39 is 0 Å². The molecule has 2 rings (SSSR count). The Hall–Kier alpha value is -1.02. The highest BCUT2D eigenvalue weighted by Gasteiger charge is 2.09. The van der Waals surface area contributed by atoms with Crippen LogP contribution in [0.5, 0.6) is 0 Å². The minimum absolute atomic E-state index is 0.551. The number of anilines is 1. The summed E-state index contributed by atoms with van der Waals surface area (Å²) < 4.78 is 0. The Morgan fingerprint density at radius 1 is 1.00 bits per heavy atom. The number of benzene rings is 1. The van der Waals surface area contributed by atoms with E-state index in [1.54, 1.807) is 0 Å². The van der Waals surface area contributed by atoms with E-state index in [2.05, 4.69) is 48.3 Å². The van der Waals surface area contributed by atoms with Gasteiger partial charge in [0.15, 0.2) is 0 Å². The van der Waals surface area contributed by atoms with Crippen molar-refractivity contribution in [2.24, 2.45) is 0 Å². The lowest BCUT2D eigenvalue weighted by molar-refractivity contribution is 0.589. The Morgan fingerprint density at radius 2 is 1.61 bits per heavy atom. The first kappa shape index (κ1) is 13.4. The van der Waals surface area contributed by atoms with Crippen LogP contribution in [0.3, 0.4) is 0 Å². The maximum absolute atomic E-state index is 3.46. The average molecular weight is 246 g/mol. The fourth-order valence-corrected chi connectivity index (χ4v) is 2.48. The monoisotopic (exact) mass is 246 g/mol. The second-order valence-electron chi connectivity index (χ2n) is 5.60. The molecule has 1 aliphatic rings. The Kier molecular flexibility index (Phi) is 5.06. The van der Waals surface area contributed by atoms with Crippen LogP contribution < -0.4 is 10.2 Å². The zero-order valence-electron chi connectivity index (χ0n) is 11.8. The van der Waals surface area contributed by atoms with Crippen molar-refractivity contribution < 1.29 is 0 Å². The largest absolute Gasteiger partial charge is 0.372 e. The van der Waals surface area contributed by atoms with Crippen molar-refractivity contribution in [2.75, 3.05) is 18.0 Å². The van der Waals surface area contributed by atoms with Crippen LogP contribution in [0.1, 0.15) is 45.1 Å². The summed E-state index contributed by atoms with van der Waals surface area (Å²) in [5.74, 6) is 0. The van der Waals surface area contributed by atoms with Crippen LogP contribution in [-0.4, -0.2) is 19.1 Å². The summed E-state index contributed by atoms with van der Waals surface area (Å²) in [5, 5.41) is 3.46. The highest BCUT2D eigenvalue weighted by Crippen LogP contribution is 2.19. The molecule has 1 N–H and O–H groups in total. The van der Waals surface area contributed by atoms with Gasteiger partial charge in [-0.15, -0.1) is 0 Å². The van der Waals surface area contributed by atoms with Gasteiger partial charge in [0.2, 0.25) is 0 Å². The van der Waals surface area contributed by atoms with Gasteiger partial charge in [0.25, 0.3) is 0 Å². The molecule has 0 saturated carbocycles. The summed E-state index contributed by atoms with van der Waals surface area (Å²) in [6, 6.07) is 9.63. The van der Waals surface area contributed by atoms with Gasteiger partial charge >= 0.3 is 0 Å². The van der Waals surface area contributed by atoms with Crippen LogP contribution >= 0.6 is 0 Å². The van der Waals surface area contributed by atoms with Gasteiger partial charge in [-0.05, 0) is 30.5 Å². The fraction of sp³-hybridized carbons (Fsp3) is 0.625. The predicted octanol–water partition coefficient (Wildman–Crippen LogP) is 3.57. The normalized spacial score (nSPS) is 16.9. The molecule has 0 aliphatic carbocycles. The van der Waals surface area contributed by atoms with Crippen molar-refractivity contribution >= 4 is 5.69 Å². The first-order chi connectivity index (χ1) is 8.75. The standard InChI is InChI=1S/C16H26N2/c1-14(2)17-13-15-7-9-16(10-8-15)18-11-5-3-4-6-12-18/h7-10,14,17H,3-6,11-13H2,1-2H3. The minimum atomic E-state index is 0.551. The van der Waals surface area contributed by atoms with Gasteiger partial charge in [0.1, 0.15) is 0 Å². The van der Waals surface area contributed by atoms with E-state index in [1.165, 1.54) is 50.0 Å². The highest BCUT2D eigenvalue weighted by molar-refractivity contribution is 5.47. The Balaban J connectivity index is 1.93. The fourth-order valence-electron chi connectivity index (χ4n) is 2.48. The van der Waals surface area contributed by atoms with E-state index in [4.69, 9.17) is 0 Å². The lowest BCUT2D eigenvalue weighted by atomic mass is 10.2. The smallest absolute Gasteiger partial charge is 0.0366 e. The molecule has 1 heterocycles. The predicted molar refractivity (Wildman–Crippen MR) is 79.1 cm³/mol. The van der Waals surface area contributed by atoms with Crippen molar-refractivity contribution in [3.8, 4) is 0 Å². The average Bonchev–Trinajstić information content (AvgIpc) is 2.66. The van der Waals surface area contributed by atoms with E-state index in [1.807, 2.05) is 0 Å². The van der Waals surface area contributed by atoms with Crippen LogP contribution in [0.2, 0.25) is 0 Å². The van der Waals surface area contributed by atoms with E-state index in [0.717, 1.165) is 6.54 Å². The molecule has 0 spiro atoms. The molecule has 1 aliphatic heterocycles. The molecule has 2 heteroatoms. The zero-order chi connectivity index (χ0) is 12.8. The molecule has 0 amide bonds. The van der Waals surface area contributed by atoms with E-state index >= 15 is 0 Å². The Bertz CT molecular complexity index is 335. The summed E-state index contributed by atoms with van der Waals surface area (Å²) >= 11 is 0. The summed E-state index contributed by atoms with van der Waals surface area (Å²) in [4.78, 5) is 2.53. The lowest BCUT2D eigenvalue weighted by Crippen LogP contribution is -2.24. The topological polar surface area (TPSA) is 15.3 Å². The molecule has 0 atom stereocenters. The molecule has 0 radical (unpaired) electrons. The molecule has 1 fully saturated rings. The van der Waals surface area contributed by atoms with Gasteiger partial charge in [-0.3, -0.25) is 0 Å². The van der Waals surface area contributed by atoms with Gasteiger partial charge in [-0.1, -0.05) is 38.8 Å². The number of rotatable bonds is 4. The maximum atomic E-state index is 3.46. The van der Waals surface area contributed by atoms with Crippen molar-refractivity contribution in [2.45, 2.75) is 52.1 Å². The maximum Gasteiger partial charge on any atom is 0.0366 e. The van der Waals surface area contributed by atoms with E-state index in [0.29, 0.717) is 6.04 Å². The molecule has 0 aromatic heterocycles. The third-order valence-corrected chi connectivity index (χ3v) is 3.62. The Morgan fingerprint density at radius 3 is 2.17 bits per heavy atom. The van der Waals surface area contributed by atoms with Crippen LogP contribution in [0.15, 0.2) is 24.3 Å². The van der Waals surface area contributed by atoms with Crippen molar-refractivity contribution in [1.29, 1.82) is 0 Å². The highest BCUT2D eigenvalue weighted by atomic mass is 15.1. The molecule has 1 aromatic carbocycles. The first-order valence-electron chi connectivity index (χ1n) is 7.33. The molecule has 0 bridgehead atoms. The molecular weight excluding hydrogens is 220 g/mol. The Labute approximate surface area is 111 Å². The first-order valence-corrected chi connectivity index (χ1v) is 7.33. The number of hydrogen-bond donors (Lipinski definition) is 1. The minimum Gasteiger partial charge on any atom is -0.372 e. The van der Waals surface area contributed by atoms with Crippen LogP contribution in [0, 0.1) is 0 Å². The van der Waals surface area contributed by atoms with Crippen molar-refractivity contribution in [3.05, 3.63) is 29.8 Å². The van der Waals surface area contributed by atoms with Crippen molar-refractivity contribution in [3.63, 3.8) is 0 Å². The molecule has 100 valence electrons. The summed E-state index contributed by atoms with van der Waals surface area (Å²) in [7, 11) is 0. The second-order valence-corrected chi connectivity index (χ2v) is 5.60. The van der Waals surface area contributed by atoms with Crippen LogP contribution in [0.25, 0.3) is 0 Å². The SMILES string of the molecule is CC(C)NCc1ccc(N2CCCCCC2)cc1. The van der Waals surface area contributed by atoms with Crippen molar-refractivity contribution in [1.82, 2.24) is 5.32 Å². The third kappa shape index (κ3) is 4.02. The molecule has 0 unspecified atom stereocenters. The number of hydrogen-bond acceptors (Lipinski definition) is 2. The summed E-state index contributed by atoms with van der Waals surface area (Å²) in [5.41, 5.74) is 2.77. The number of nitrogens with one attached hydrogen (secondary N) is 1. The van der Waals surface area contributed by atoms with E-state index in [9.17, 15) is 0 Å². The van der Waals surface area contributed by atoms with Gasteiger partial charge in [0, 0.05) is 31.4 Å². The summed E-state index contributed by atoms with van der Waals surface area (Å²) in [6.07, 6.45) is 5.48. The molecular formula is C16H26N2. The van der Waals surface area contributed by atoms with Gasteiger partial charge in [0.05, 0.1) is 0 Å². The molecule has 1 aromatic rings. The lowest BCUT2D eigenvalue weighted by Gasteiger charge is -2.22. The van der Waals surface area contributed by atoms with Crippen LogP contribution in [0.4, 0.5) is 5.69 Å². The zero-order valence-corrected chi connectivity index (χ0v) is 11.8. The molecule has 18 heavy (non-hydrogen) atoms. The second kappa shape index (κ2) is 6.79. The van der Waals surface area contributed by atoms with Gasteiger partial charge in [-0.25, -0.2) is 0 Å². The third-order valence-electron chi connectivity index (χ3n) is 3.62. The quantitative estimate of drug-likeness (QED) is 0.874. The van der Waals surface area contributed by atoms with Gasteiger partial charge in [-0.2, -0.15) is 0 Å². The van der Waals surface area contributed by atoms with Crippen LogP contribution in [-0.2, 0) is 6.54 Å². The molecule has 2 nitrogen and oxygen atoms in total. The number of nitrogens with zero attached hydrogens (tertiary/aromatic N) is 1. The van der Waals surface area contributed by atoms with E-state index in [-0.39, 0.29) is 0 Å². The van der Waals surface area contributed by atoms with Gasteiger partial charge < -0.3 is 10.2 Å².